The lowest BCUT2D eigenvalue weighted by molar-refractivity contribution is -0.134. The highest BCUT2D eigenvalue weighted by Gasteiger charge is 2.44. The number of hydrogen-bond acceptors (Lipinski definition) is 7. The van der Waals surface area contributed by atoms with Crippen LogP contribution in [0, 0.1) is 0 Å². The summed E-state index contributed by atoms with van der Waals surface area (Å²) in [7, 11) is 0. The first-order valence-corrected chi connectivity index (χ1v) is 10.7. The molecular weight excluding hydrogens is 456 g/mol. The maximum Gasteiger partial charge on any atom is 0.314 e. The predicted octanol–water partition coefficient (Wildman–Crippen LogP) is 4.59. The molecule has 0 saturated heterocycles. The Morgan fingerprint density at radius 2 is 1.80 bits per heavy atom. The molecule has 10 heteroatoms. The van der Waals surface area contributed by atoms with Gasteiger partial charge in [0.05, 0.1) is 23.2 Å². The summed E-state index contributed by atoms with van der Waals surface area (Å²) >= 11 is 0. The molecule has 2 amide bonds. The normalized spacial score (nSPS) is 14.9. The number of hydrogen-bond donors (Lipinski definition) is 0. The van der Waals surface area contributed by atoms with Crippen LogP contribution in [0.4, 0.5) is 8.78 Å². The molecule has 1 aliphatic rings. The Morgan fingerprint density at radius 1 is 1.00 bits per heavy atom. The second-order valence-corrected chi connectivity index (χ2v) is 8.61. The van der Waals surface area contributed by atoms with Crippen LogP contribution in [0.3, 0.4) is 0 Å². The van der Waals surface area contributed by atoms with E-state index in [-0.39, 0.29) is 18.3 Å². The van der Waals surface area contributed by atoms with Crippen molar-refractivity contribution in [2.75, 3.05) is 0 Å². The van der Waals surface area contributed by atoms with Gasteiger partial charge < -0.3 is 4.42 Å². The molecule has 35 heavy (non-hydrogen) atoms. The van der Waals surface area contributed by atoms with Crippen LogP contribution in [-0.2, 0) is 16.8 Å². The minimum atomic E-state index is -2.87. The summed E-state index contributed by atoms with van der Waals surface area (Å²) in [6, 6.07) is 12.3. The number of carbonyl (C=O) groups is 2. The van der Waals surface area contributed by atoms with Crippen molar-refractivity contribution in [1.29, 1.82) is 0 Å². The molecule has 5 rings (SSSR count). The summed E-state index contributed by atoms with van der Waals surface area (Å²) in [5.41, 5.74) is 2.64. The van der Waals surface area contributed by atoms with Crippen LogP contribution in [-0.4, -0.2) is 36.9 Å². The van der Waals surface area contributed by atoms with E-state index in [9.17, 15) is 18.4 Å². The van der Waals surface area contributed by atoms with Crippen LogP contribution in [0.1, 0.15) is 47.8 Å². The van der Waals surface area contributed by atoms with Crippen molar-refractivity contribution in [1.82, 2.24) is 25.1 Å². The summed E-state index contributed by atoms with van der Waals surface area (Å²) in [4.78, 5) is 36.3. The molecule has 0 spiro atoms. The summed E-state index contributed by atoms with van der Waals surface area (Å²) in [5, 5.41) is 6.89. The van der Waals surface area contributed by atoms with E-state index in [0.717, 1.165) is 11.1 Å². The fourth-order valence-corrected chi connectivity index (χ4v) is 4.06. The van der Waals surface area contributed by atoms with E-state index in [2.05, 4.69) is 20.2 Å². The summed E-state index contributed by atoms with van der Waals surface area (Å²) in [6.07, 6.45) is 1.88. The molecule has 4 aromatic rings. The predicted molar refractivity (Wildman–Crippen MR) is 120 cm³/mol. The van der Waals surface area contributed by atoms with E-state index in [0.29, 0.717) is 22.4 Å². The van der Waals surface area contributed by atoms with Crippen LogP contribution in [0.25, 0.3) is 22.6 Å². The summed E-state index contributed by atoms with van der Waals surface area (Å²) < 4.78 is 30.3. The van der Waals surface area contributed by atoms with Gasteiger partial charge in [-0.2, -0.15) is 8.78 Å². The van der Waals surface area contributed by atoms with Gasteiger partial charge >= 0.3 is 6.43 Å². The first-order valence-electron chi connectivity index (χ1n) is 10.7. The van der Waals surface area contributed by atoms with Gasteiger partial charge in [0.2, 0.25) is 11.8 Å². The summed E-state index contributed by atoms with van der Waals surface area (Å²) in [6.45, 7) is 3.51. The molecule has 1 aromatic carbocycles. The fourth-order valence-electron chi connectivity index (χ4n) is 4.06. The number of carbonyl (C=O) groups excluding carboxylic acids is 2. The highest BCUT2D eigenvalue weighted by molar-refractivity contribution is 6.13. The van der Waals surface area contributed by atoms with Gasteiger partial charge in [-0.3, -0.25) is 24.5 Å². The molecule has 0 saturated carbocycles. The quantitative estimate of drug-likeness (QED) is 0.389. The lowest BCUT2D eigenvalue weighted by Crippen LogP contribution is -2.51. The van der Waals surface area contributed by atoms with E-state index in [4.69, 9.17) is 4.42 Å². The molecule has 8 nitrogen and oxygen atoms in total. The van der Waals surface area contributed by atoms with Crippen molar-refractivity contribution in [3.05, 3.63) is 83.8 Å². The first-order chi connectivity index (χ1) is 16.8. The smallest absolute Gasteiger partial charge is 0.314 e. The number of aromatic nitrogens is 4. The van der Waals surface area contributed by atoms with Crippen molar-refractivity contribution in [2.45, 2.75) is 32.2 Å². The zero-order chi connectivity index (χ0) is 24.7. The maximum absolute atomic E-state index is 13.4. The van der Waals surface area contributed by atoms with Gasteiger partial charge in [0.15, 0.2) is 0 Å². The van der Waals surface area contributed by atoms with Crippen molar-refractivity contribution in [3.8, 4) is 22.6 Å². The molecule has 3 aromatic heterocycles. The number of pyridine rings is 2. The first kappa shape index (κ1) is 22.5. The van der Waals surface area contributed by atoms with Crippen molar-refractivity contribution in [3.63, 3.8) is 0 Å². The minimum absolute atomic E-state index is 0.0515. The van der Waals surface area contributed by atoms with Crippen molar-refractivity contribution in [2.24, 2.45) is 0 Å². The fraction of sp³-hybridized carbons (Fsp3) is 0.200. The van der Waals surface area contributed by atoms with Gasteiger partial charge in [0, 0.05) is 29.7 Å². The average molecular weight is 475 g/mol. The lowest BCUT2D eigenvalue weighted by Gasteiger charge is -2.37. The van der Waals surface area contributed by atoms with Gasteiger partial charge in [0.1, 0.15) is 0 Å². The molecule has 0 unspecified atom stereocenters. The van der Waals surface area contributed by atoms with Gasteiger partial charge in [-0.05, 0) is 49.2 Å². The summed E-state index contributed by atoms with van der Waals surface area (Å²) in [5.74, 6) is -1.63. The van der Waals surface area contributed by atoms with Crippen molar-refractivity contribution >= 4 is 11.8 Å². The number of nitrogens with zero attached hydrogens (tertiary/aromatic N) is 5. The Balaban J connectivity index is 1.44. The molecule has 1 aliphatic heterocycles. The minimum Gasteiger partial charge on any atom is -0.415 e. The number of halogens is 2. The number of benzene rings is 1. The van der Waals surface area contributed by atoms with E-state index in [1.807, 2.05) is 24.3 Å². The Morgan fingerprint density at radius 3 is 2.46 bits per heavy atom. The third kappa shape index (κ3) is 3.96. The number of alkyl halides is 2. The van der Waals surface area contributed by atoms with Gasteiger partial charge in [-0.15, -0.1) is 10.2 Å². The molecule has 176 valence electrons. The van der Waals surface area contributed by atoms with Crippen LogP contribution < -0.4 is 0 Å². The SMILES string of the molecule is CC1(C)C(=O)N(Cc2ccc(-c3nnc(C(F)F)o3)cn2)C(=O)c2cc(-c3cccnc3)ccc21. The molecule has 4 heterocycles. The van der Waals surface area contributed by atoms with Crippen molar-refractivity contribution < 1.29 is 22.8 Å². The zero-order valence-corrected chi connectivity index (χ0v) is 18.8. The second-order valence-electron chi connectivity index (χ2n) is 8.61. The molecule has 0 atom stereocenters. The Kier molecular flexibility index (Phi) is 5.43. The number of amides is 2. The molecule has 0 aliphatic carbocycles. The largest absolute Gasteiger partial charge is 0.415 e. The zero-order valence-electron chi connectivity index (χ0n) is 18.8. The number of rotatable bonds is 5. The number of fused-ring (bicyclic) bond motifs is 1. The molecule has 0 N–H and O–H groups in total. The van der Waals surface area contributed by atoms with E-state index in [1.54, 1.807) is 44.4 Å². The third-order valence-corrected chi connectivity index (χ3v) is 5.96. The highest BCUT2D eigenvalue weighted by atomic mass is 19.3. The van der Waals surface area contributed by atoms with E-state index < -0.39 is 23.6 Å². The van der Waals surface area contributed by atoms with Crippen LogP contribution in [0.2, 0.25) is 0 Å². The highest BCUT2D eigenvalue weighted by Crippen LogP contribution is 2.37. The molecular formula is C25H19F2N5O3. The molecule has 0 radical (unpaired) electrons. The standard InChI is InChI=1S/C25H19F2N5O3/c1-25(2)19-8-6-14(15-4-3-9-28-11-15)10-18(19)23(33)32(24(25)34)13-17-7-5-16(12-29-17)21-30-31-22(35-21)20(26)27/h3-12,20H,13H2,1-2H3. The van der Waals surface area contributed by atoms with Crippen LogP contribution in [0.5, 0.6) is 0 Å². The second kappa shape index (κ2) is 8.46. The molecule has 0 bridgehead atoms. The van der Waals surface area contributed by atoms with E-state index in [1.165, 1.54) is 11.1 Å². The van der Waals surface area contributed by atoms with Gasteiger partial charge in [0.25, 0.3) is 11.8 Å². The lowest BCUT2D eigenvalue weighted by atomic mass is 9.76. The van der Waals surface area contributed by atoms with Crippen LogP contribution in [0.15, 0.2) is 65.5 Å². The maximum atomic E-state index is 13.4. The topological polar surface area (TPSA) is 102 Å². The Bertz CT molecular complexity index is 1420. The monoisotopic (exact) mass is 475 g/mol. The Hall–Kier alpha value is -4.34. The number of imide groups is 1. The average Bonchev–Trinajstić information content (AvgIpc) is 3.37. The van der Waals surface area contributed by atoms with E-state index >= 15 is 0 Å². The molecule has 0 fully saturated rings. The Labute approximate surface area is 198 Å². The third-order valence-electron chi connectivity index (χ3n) is 5.96. The van der Waals surface area contributed by atoms with Gasteiger partial charge in [-0.1, -0.05) is 18.2 Å². The van der Waals surface area contributed by atoms with Gasteiger partial charge in [-0.25, -0.2) is 0 Å². The van der Waals surface area contributed by atoms with Crippen LogP contribution >= 0.6 is 0 Å².